The van der Waals surface area contributed by atoms with Gasteiger partial charge in [0.05, 0.1) is 25.5 Å². The average Bonchev–Trinajstić information content (AvgIpc) is 3.18. The highest BCUT2D eigenvalue weighted by Crippen LogP contribution is 2.33. The SMILES string of the molecule is COC(=O)c1sc(S(=O)(=O)NCC(=O)OCC(=O)Nc2ccc(F)c(F)c2F)c(C(=O)OC)c1C. The van der Waals surface area contributed by atoms with E-state index in [9.17, 15) is 40.8 Å². The number of benzene rings is 1. The van der Waals surface area contributed by atoms with Gasteiger partial charge in [0.1, 0.15) is 11.4 Å². The first-order valence-electron chi connectivity index (χ1n) is 9.22. The Hall–Kier alpha value is -3.50. The molecule has 0 saturated carbocycles. The van der Waals surface area contributed by atoms with Gasteiger partial charge in [0, 0.05) is 0 Å². The van der Waals surface area contributed by atoms with Crippen LogP contribution in [0, 0.1) is 24.4 Å². The molecule has 0 aliphatic carbocycles. The largest absolute Gasteiger partial charge is 0.465 e. The second kappa shape index (κ2) is 11.3. The summed E-state index contributed by atoms with van der Waals surface area (Å²) in [5, 5.41) is 1.85. The van der Waals surface area contributed by atoms with Crippen molar-refractivity contribution in [2.75, 3.05) is 32.7 Å². The van der Waals surface area contributed by atoms with E-state index in [1.54, 1.807) is 0 Å². The highest BCUT2D eigenvalue weighted by atomic mass is 32.2. The van der Waals surface area contributed by atoms with Crippen LogP contribution < -0.4 is 10.0 Å². The molecule has 2 rings (SSSR count). The summed E-state index contributed by atoms with van der Waals surface area (Å²) in [6.45, 7) is -0.714. The zero-order valence-corrected chi connectivity index (χ0v) is 19.8. The van der Waals surface area contributed by atoms with Crippen LogP contribution in [0.2, 0.25) is 0 Å². The molecule has 2 aromatic rings. The smallest absolute Gasteiger partial charge is 0.348 e. The van der Waals surface area contributed by atoms with Crippen molar-refractivity contribution in [3.05, 3.63) is 45.6 Å². The summed E-state index contributed by atoms with van der Waals surface area (Å²) in [5.74, 6) is -9.31. The number of nitrogens with one attached hydrogen (secondary N) is 2. The first kappa shape index (κ1) is 27.7. The van der Waals surface area contributed by atoms with Gasteiger partial charge in [0.15, 0.2) is 28.3 Å². The van der Waals surface area contributed by atoms with Crippen LogP contribution in [-0.2, 0) is 33.8 Å². The van der Waals surface area contributed by atoms with E-state index in [0.717, 1.165) is 20.3 Å². The molecule has 0 fully saturated rings. The summed E-state index contributed by atoms with van der Waals surface area (Å²) in [5.41, 5.74) is -1.17. The maximum absolute atomic E-state index is 13.6. The van der Waals surface area contributed by atoms with Crippen molar-refractivity contribution in [1.82, 2.24) is 4.72 Å². The molecule has 16 heteroatoms. The van der Waals surface area contributed by atoms with Crippen molar-refractivity contribution < 1.29 is 55.0 Å². The highest BCUT2D eigenvalue weighted by molar-refractivity contribution is 7.91. The fourth-order valence-corrected chi connectivity index (χ4v) is 5.28. The second-order valence-corrected chi connectivity index (χ2v) is 9.44. The Kier molecular flexibility index (Phi) is 8.94. The maximum atomic E-state index is 13.6. The van der Waals surface area contributed by atoms with Gasteiger partial charge in [-0.25, -0.2) is 31.2 Å². The number of ether oxygens (including phenoxy) is 3. The lowest BCUT2D eigenvalue weighted by Crippen LogP contribution is -2.32. The van der Waals surface area contributed by atoms with Crippen molar-refractivity contribution >= 4 is 50.9 Å². The maximum Gasteiger partial charge on any atom is 0.348 e. The average molecular weight is 538 g/mol. The molecule has 0 radical (unpaired) electrons. The van der Waals surface area contributed by atoms with E-state index in [1.165, 1.54) is 6.92 Å². The van der Waals surface area contributed by atoms with E-state index in [0.29, 0.717) is 17.4 Å². The van der Waals surface area contributed by atoms with Crippen LogP contribution in [0.3, 0.4) is 0 Å². The highest BCUT2D eigenvalue weighted by Gasteiger charge is 2.33. The predicted octanol–water partition coefficient (Wildman–Crippen LogP) is 1.51. The van der Waals surface area contributed by atoms with Gasteiger partial charge in [-0.15, -0.1) is 11.3 Å². The summed E-state index contributed by atoms with van der Waals surface area (Å²) >= 11 is 0.409. The molecule has 11 nitrogen and oxygen atoms in total. The quantitative estimate of drug-likeness (QED) is 0.275. The Morgan fingerprint density at radius 3 is 2.23 bits per heavy atom. The standard InChI is InChI=1S/C19H17F3N2O9S2/c1-8-13(17(27)31-2)19(34-16(8)18(28)32-3)35(29,30)23-6-12(26)33-7-11(25)24-10-5-4-9(20)14(21)15(10)22/h4-5,23H,6-7H2,1-3H3,(H,24,25). The Morgan fingerprint density at radius 1 is 1.00 bits per heavy atom. The first-order chi connectivity index (χ1) is 16.3. The monoisotopic (exact) mass is 538 g/mol. The number of hydrogen-bond donors (Lipinski definition) is 2. The number of sulfonamides is 1. The number of thiophene rings is 1. The van der Waals surface area contributed by atoms with Gasteiger partial charge in [-0.2, -0.15) is 4.72 Å². The topological polar surface area (TPSA) is 154 Å². The van der Waals surface area contributed by atoms with E-state index in [-0.39, 0.29) is 10.4 Å². The number of carbonyl (C=O) groups is 4. The molecular formula is C19H17F3N2O9S2. The predicted molar refractivity (Wildman–Crippen MR) is 113 cm³/mol. The zero-order chi connectivity index (χ0) is 26.5. The van der Waals surface area contributed by atoms with Gasteiger partial charge in [-0.1, -0.05) is 0 Å². The van der Waals surface area contributed by atoms with Crippen LogP contribution in [0.25, 0.3) is 0 Å². The molecule has 0 aliphatic rings. The van der Waals surface area contributed by atoms with E-state index in [1.807, 2.05) is 10.0 Å². The molecule has 1 aromatic heterocycles. The van der Waals surface area contributed by atoms with Crippen molar-refractivity contribution in [1.29, 1.82) is 0 Å². The third-order valence-corrected chi connectivity index (χ3v) is 7.39. The van der Waals surface area contributed by atoms with E-state index in [4.69, 9.17) is 0 Å². The molecule has 0 atom stereocenters. The molecule has 0 unspecified atom stereocenters. The summed E-state index contributed by atoms with van der Waals surface area (Å²) < 4.78 is 79.9. The minimum atomic E-state index is -4.55. The summed E-state index contributed by atoms with van der Waals surface area (Å²) in [6.07, 6.45) is 0. The van der Waals surface area contributed by atoms with Gasteiger partial charge in [0.2, 0.25) is 0 Å². The second-order valence-electron chi connectivity index (χ2n) is 6.46. The zero-order valence-electron chi connectivity index (χ0n) is 18.2. The normalized spacial score (nSPS) is 11.0. The Morgan fingerprint density at radius 2 is 1.63 bits per heavy atom. The molecule has 0 spiro atoms. The molecule has 35 heavy (non-hydrogen) atoms. The number of esters is 3. The molecule has 0 aliphatic heterocycles. The molecule has 1 aromatic carbocycles. The van der Waals surface area contributed by atoms with Crippen LogP contribution >= 0.6 is 11.3 Å². The van der Waals surface area contributed by atoms with Crippen LogP contribution in [-0.4, -0.2) is 59.6 Å². The van der Waals surface area contributed by atoms with Crippen molar-refractivity contribution in [2.45, 2.75) is 11.1 Å². The lowest BCUT2D eigenvalue weighted by atomic mass is 10.2. The van der Waals surface area contributed by atoms with E-state index >= 15 is 0 Å². The number of methoxy groups -OCH3 is 2. The lowest BCUT2D eigenvalue weighted by molar-refractivity contribution is -0.146. The lowest BCUT2D eigenvalue weighted by Gasteiger charge is -2.09. The Balaban J connectivity index is 2.06. The van der Waals surface area contributed by atoms with Crippen LogP contribution in [0.15, 0.2) is 16.3 Å². The molecule has 1 heterocycles. The fraction of sp³-hybridized carbons (Fsp3) is 0.263. The van der Waals surface area contributed by atoms with Crippen LogP contribution in [0.5, 0.6) is 0 Å². The molecule has 190 valence electrons. The summed E-state index contributed by atoms with van der Waals surface area (Å²) in [6, 6.07) is 1.31. The van der Waals surface area contributed by atoms with Gasteiger partial charge in [0.25, 0.3) is 15.9 Å². The first-order valence-corrected chi connectivity index (χ1v) is 11.5. The third kappa shape index (κ3) is 6.34. The minimum Gasteiger partial charge on any atom is -0.465 e. The van der Waals surface area contributed by atoms with Gasteiger partial charge in [-0.3, -0.25) is 9.59 Å². The molecule has 0 saturated heterocycles. The number of rotatable bonds is 9. The van der Waals surface area contributed by atoms with E-state index in [2.05, 4.69) is 14.2 Å². The van der Waals surface area contributed by atoms with Crippen molar-refractivity contribution in [3.8, 4) is 0 Å². The van der Waals surface area contributed by atoms with Crippen LogP contribution in [0.4, 0.5) is 18.9 Å². The molecule has 0 bridgehead atoms. The Labute approximate surface area is 200 Å². The fourth-order valence-electron chi connectivity index (χ4n) is 2.53. The van der Waals surface area contributed by atoms with E-state index < -0.39 is 79.9 Å². The van der Waals surface area contributed by atoms with Crippen molar-refractivity contribution in [2.24, 2.45) is 0 Å². The number of carbonyl (C=O) groups excluding carboxylic acids is 4. The number of hydrogen-bond acceptors (Lipinski definition) is 10. The van der Waals surface area contributed by atoms with Gasteiger partial charge in [-0.05, 0) is 24.6 Å². The molecular weight excluding hydrogens is 521 g/mol. The van der Waals surface area contributed by atoms with Gasteiger partial charge >= 0.3 is 17.9 Å². The molecule has 2 N–H and O–H groups in total. The van der Waals surface area contributed by atoms with Crippen LogP contribution in [0.1, 0.15) is 25.6 Å². The van der Waals surface area contributed by atoms with Gasteiger partial charge < -0.3 is 19.5 Å². The summed E-state index contributed by atoms with van der Waals surface area (Å²) in [4.78, 5) is 47.4. The number of halogens is 3. The Bertz CT molecular complexity index is 1290. The number of anilines is 1. The minimum absolute atomic E-state index is 0.0159. The summed E-state index contributed by atoms with van der Waals surface area (Å²) in [7, 11) is -2.50. The van der Waals surface area contributed by atoms with Crippen molar-refractivity contribution in [3.63, 3.8) is 0 Å². The third-order valence-electron chi connectivity index (χ3n) is 4.20. The molecule has 1 amide bonds. The number of amides is 1.